The number of ketones is 1. The van der Waals surface area contributed by atoms with Crippen molar-refractivity contribution < 1.29 is 23.8 Å². The molecule has 3 rings (SSSR count). The summed E-state index contributed by atoms with van der Waals surface area (Å²) >= 11 is 0. The van der Waals surface area contributed by atoms with Gasteiger partial charge >= 0.3 is 0 Å². The maximum atomic E-state index is 13.2. The van der Waals surface area contributed by atoms with E-state index in [2.05, 4.69) is 0 Å². The fourth-order valence-corrected chi connectivity index (χ4v) is 3.15. The van der Waals surface area contributed by atoms with Gasteiger partial charge in [0.25, 0.3) is 0 Å². The zero-order valence-electron chi connectivity index (χ0n) is 17.5. The van der Waals surface area contributed by atoms with Crippen LogP contribution >= 0.6 is 12.4 Å². The lowest BCUT2D eigenvalue weighted by Crippen LogP contribution is -2.28. The normalized spacial score (nSPS) is 9.90. The lowest BCUT2D eigenvalue weighted by atomic mass is 10.1. The van der Waals surface area contributed by atoms with Crippen LogP contribution in [0.5, 0.6) is 17.2 Å². The van der Waals surface area contributed by atoms with E-state index >= 15 is 0 Å². The van der Waals surface area contributed by atoms with Gasteiger partial charge in [-0.2, -0.15) is 0 Å². The Kier molecular flexibility index (Phi) is 8.46. The molecule has 1 amide bonds. The Bertz CT molecular complexity index is 960. The van der Waals surface area contributed by atoms with Gasteiger partial charge in [0.1, 0.15) is 0 Å². The number of hydrogen-bond acceptors (Lipinski definition) is 5. The summed E-state index contributed by atoms with van der Waals surface area (Å²) in [5, 5.41) is 0. The number of para-hydroxylation sites is 2. The number of ether oxygens (including phenoxy) is 3. The highest BCUT2D eigenvalue weighted by atomic mass is 35.5. The third-order valence-corrected chi connectivity index (χ3v) is 4.58. The molecule has 0 saturated heterocycles. The fourth-order valence-electron chi connectivity index (χ4n) is 3.15. The van der Waals surface area contributed by atoms with Gasteiger partial charge in [-0.25, -0.2) is 0 Å². The number of anilines is 2. The van der Waals surface area contributed by atoms with E-state index in [1.807, 2.05) is 60.7 Å². The number of benzene rings is 3. The summed E-state index contributed by atoms with van der Waals surface area (Å²) in [5.74, 6) is 0.409. The first-order valence-corrected chi connectivity index (χ1v) is 9.35. The van der Waals surface area contributed by atoms with Crippen LogP contribution < -0.4 is 19.1 Å². The Morgan fingerprint density at radius 1 is 0.742 bits per heavy atom. The van der Waals surface area contributed by atoms with Crippen molar-refractivity contribution >= 4 is 35.5 Å². The van der Waals surface area contributed by atoms with Crippen molar-refractivity contribution in [3.8, 4) is 17.2 Å². The van der Waals surface area contributed by atoms with Gasteiger partial charge in [-0.1, -0.05) is 36.4 Å². The van der Waals surface area contributed by atoms with Gasteiger partial charge < -0.3 is 14.2 Å². The van der Waals surface area contributed by atoms with Crippen molar-refractivity contribution in [3.05, 3.63) is 78.4 Å². The third kappa shape index (κ3) is 5.35. The quantitative estimate of drug-likeness (QED) is 0.360. The molecule has 0 aromatic heterocycles. The molecular weight excluding hydrogens is 418 g/mol. The van der Waals surface area contributed by atoms with Crippen LogP contribution in [-0.2, 0) is 4.79 Å². The van der Waals surface area contributed by atoms with E-state index in [1.54, 1.807) is 12.1 Å². The fraction of sp³-hybridized carbons (Fsp3) is 0.167. The summed E-state index contributed by atoms with van der Waals surface area (Å²) in [6.07, 6.45) is -0.317. The zero-order valence-corrected chi connectivity index (χ0v) is 18.3. The largest absolute Gasteiger partial charge is 0.493 e. The highest BCUT2D eigenvalue weighted by molar-refractivity contribution is 6.14. The van der Waals surface area contributed by atoms with E-state index in [-0.39, 0.29) is 30.5 Å². The summed E-state index contributed by atoms with van der Waals surface area (Å²) in [6, 6.07) is 21.5. The first-order chi connectivity index (χ1) is 14.6. The molecule has 0 radical (unpaired) electrons. The van der Waals surface area contributed by atoms with Gasteiger partial charge in [-0.05, 0) is 36.4 Å². The molecule has 3 aromatic rings. The Hall–Kier alpha value is -3.51. The maximum absolute atomic E-state index is 13.2. The van der Waals surface area contributed by atoms with Gasteiger partial charge in [0, 0.05) is 16.9 Å². The maximum Gasteiger partial charge on any atom is 0.239 e. The number of carbonyl (C=O) groups excluding carboxylic acids is 2. The van der Waals surface area contributed by atoms with E-state index in [0.717, 1.165) is 0 Å². The van der Waals surface area contributed by atoms with Crippen LogP contribution in [0.3, 0.4) is 0 Å². The van der Waals surface area contributed by atoms with Crippen LogP contribution in [0.2, 0.25) is 0 Å². The summed E-state index contributed by atoms with van der Waals surface area (Å²) in [6.45, 7) is 0. The van der Waals surface area contributed by atoms with Crippen molar-refractivity contribution in [1.29, 1.82) is 0 Å². The first kappa shape index (κ1) is 23.8. The van der Waals surface area contributed by atoms with Crippen molar-refractivity contribution in [2.75, 3.05) is 26.2 Å². The van der Waals surface area contributed by atoms with Crippen molar-refractivity contribution in [2.24, 2.45) is 0 Å². The zero-order chi connectivity index (χ0) is 21.5. The first-order valence-electron chi connectivity index (χ1n) is 9.35. The number of Topliss-reactive ketones (excluding diaryl/α,β-unsaturated/α-hetero) is 1. The Morgan fingerprint density at radius 2 is 1.19 bits per heavy atom. The molecule has 6 nitrogen and oxygen atoms in total. The Balaban J connectivity index is 0.00000341. The van der Waals surface area contributed by atoms with Crippen molar-refractivity contribution in [2.45, 2.75) is 6.42 Å². The van der Waals surface area contributed by atoms with Gasteiger partial charge in [0.2, 0.25) is 11.7 Å². The van der Waals surface area contributed by atoms with Gasteiger partial charge in [0.05, 0.1) is 27.8 Å². The number of hydrogen-bond donors (Lipinski definition) is 0. The summed E-state index contributed by atoms with van der Waals surface area (Å²) in [4.78, 5) is 27.7. The lowest BCUT2D eigenvalue weighted by Gasteiger charge is -2.23. The number of methoxy groups -OCH3 is 3. The molecule has 0 fully saturated rings. The minimum Gasteiger partial charge on any atom is -0.493 e. The molecule has 0 saturated carbocycles. The molecule has 162 valence electrons. The molecule has 3 aromatic carbocycles. The molecule has 0 heterocycles. The van der Waals surface area contributed by atoms with Gasteiger partial charge in [-0.15, -0.1) is 12.4 Å². The van der Waals surface area contributed by atoms with E-state index in [0.29, 0.717) is 34.2 Å². The second kappa shape index (κ2) is 11.0. The average molecular weight is 442 g/mol. The average Bonchev–Trinajstić information content (AvgIpc) is 2.79. The highest BCUT2D eigenvalue weighted by Gasteiger charge is 2.23. The molecule has 0 atom stereocenters. The number of amides is 1. The van der Waals surface area contributed by atoms with Gasteiger partial charge in [0.15, 0.2) is 17.3 Å². The molecule has 7 heteroatoms. The molecule has 0 aliphatic rings. The second-order valence-corrected chi connectivity index (χ2v) is 6.41. The minimum atomic E-state index is -0.351. The van der Waals surface area contributed by atoms with Gasteiger partial charge in [-0.3, -0.25) is 14.5 Å². The monoisotopic (exact) mass is 441 g/mol. The SMILES string of the molecule is COc1cc(C(=O)CC(=O)N(c2ccccc2)c2ccccc2)cc(OC)c1OC.Cl. The second-order valence-electron chi connectivity index (χ2n) is 6.41. The molecule has 0 aliphatic carbocycles. The molecule has 0 aliphatic heterocycles. The van der Waals surface area contributed by atoms with E-state index in [1.165, 1.54) is 26.2 Å². The van der Waals surface area contributed by atoms with E-state index < -0.39 is 0 Å². The molecule has 31 heavy (non-hydrogen) atoms. The molecule has 0 N–H and O–H groups in total. The van der Waals surface area contributed by atoms with Crippen molar-refractivity contribution in [1.82, 2.24) is 0 Å². The van der Waals surface area contributed by atoms with Crippen LogP contribution in [0.15, 0.2) is 72.8 Å². The topological polar surface area (TPSA) is 65.1 Å². The molecule has 0 bridgehead atoms. The van der Waals surface area contributed by atoms with Crippen molar-refractivity contribution in [3.63, 3.8) is 0 Å². The van der Waals surface area contributed by atoms with Crippen LogP contribution in [0, 0.1) is 0 Å². The Morgan fingerprint density at radius 3 is 1.58 bits per heavy atom. The summed E-state index contributed by atoms with van der Waals surface area (Å²) in [5.41, 5.74) is 1.68. The number of rotatable bonds is 8. The molecule has 0 spiro atoms. The number of nitrogens with zero attached hydrogens (tertiary/aromatic N) is 1. The molecular formula is C24H24ClNO5. The number of carbonyl (C=O) groups is 2. The van der Waals surface area contributed by atoms with Crippen LogP contribution in [0.25, 0.3) is 0 Å². The predicted octanol–water partition coefficient (Wildman–Crippen LogP) is 5.07. The summed E-state index contributed by atoms with van der Waals surface area (Å²) in [7, 11) is 4.44. The highest BCUT2D eigenvalue weighted by Crippen LogP contribution is 2.38. The van der Waals surface area contributed by atoms with E-state index in [4.69, 9.17) is 14.2 Å². The standard InChI is InChI=1S/C24H23NO5.ClH/c1-28-21-14-17(15-22(29-2)24(21)30-3)20(26)16-23(27)25(18-10-6-4-7-11-18)19-12-8-5-9-13-19;/h4-15H,16H2,1-3H3;1H. The van der Waals surface area contributed by atoms with E-state index in [9.17, 15) is 9.59 Å². The summed E-state index contributed by atoms with van der Waals surface area (Å²) < 4.78 is 15.9. The minimum absolute atomic E-state index is 0. The smallest absolute Gasteiger partial charge is 0.239 e. The lowest BCUT2D eigenvalue weighted by molar-refractivity contribution is -0.117. The van der Waals surface area contributed by atoms with Crippen LogP contribution in [0.4, 0.5) is 11.4 Å². The third-order valence-electron chi connectivity index (χ3n) is 4.58. The van der Waals surface area contributed by atoms with Crippen LogP contribution in [-0.4, -0.2) is 33.0 Å². The molecule has 0 unspecified atom stereocenters. The predicted molar refractivity (Wildman–Crippen MR) is 122 cm³/mol. The van der Waals surface area contributed by atoms with Crippen LogP contribution in [0.1, 0.15) is 16.8 Å². The Labute approximate surface area is 187 Å². The number of halogens is 1.